The fraction of sp³-hybridized carbons (Fsp3) is 0.129. The van der Waals surface area contributed by atoms with Crippen LogP contribution in [0.3, 0.4) is 0 Å². The number of amides is 2. The van der Waals surface area contributed by atoms with Crippen LogP contribution in [0.15, 0.2) is 84.9 Å². The molecule has 0 aliphatic rings. The molecule has 0 heterocycles. The van der Waals surface area contributed by atoms with Gasteiger partial charge in [0.1, 0.15) is 24.8 Å². The van der Waals surface area contributed by atoms with Gasteiger partial charge in [0.2, 0.25) is 11.8 Å². The Balaban J connectivity index is 1.35. The Hall–Kier alpha value is -4.89. The van der Waals surface area contributed by atoms with Crippen LogP contribution >= 0.6 is 0 Å². The Labute approximate surface area is 229 Å². The summed E-state index contributed by atoms with van der Waals surface area (Å²) in [4.78, 5) is 37.3. The van der Waals surface area contributed by atoms with Crippen molar-refractivity contribution in [2.24, 2.45) is 0 Å². The Morgan fingerprint density at radius 1 is 0.650 bits per heavy atom. The Bertz CT molecular complexity index is 1540. The van der Waals surface area contributed by atoms with Crippen LogP contribution in [0, 0.1) is 18.6 Å². The van der Waals surface area contributed by atoms with Crippen LogP contribution in [0.1, 0.15) is 15.9 Å². The molecule has 4 aromatic carbocycles. The minimum Gasteiger partial charge on any atom is -0.465 e. The second-order valence-corrected chi connectivity index (χ2v) is 8.88. The van der Waals surface area contributed by atoms with Crippen molar-refractivity contribution in [1.29, 1.82) is 0 Å². The number of anilines is 2. The summed E-state index contributed by atoms with van der Waals surface area (Å²) in [5.74, 6) is -2.44. The topological polar surface area (TPSA) is 93.7 Å². The number of esters is 1. The van der Waals surface area contributed by atoms with E-state index < -0.39 is 24.4 Å². The fourth-order valence-corrected chi connectivity index (χ4v) is 3.94. The van der Waals surface area contributed by atoms with Gasteiger partial charge in [0.05, 0.1) is 18.4 Å². The summed E-state index contributed by atoms with van der Waals surface area (Å²) in [7, 11) is 1.22. The van der Waals surface area contributed by atoms with E-state index in [0.29, 0.717) is 16.8 Å². The summed E-state index contributed by atoms with van der Waals surface area (Å²) in [5, 5.41) is 5.35. The first-order valence-corrected chi connectivity index (χ1v) is 12.3. The first kappa shape index (κ1) is 28.1. The molecule has 0 unspecified atom stereocenters. The molecule has 0 saturated heterocycles. The second kappa shape index (κ2) is 12.8. The van der Waals surface area contributed by atoms with E-state index in [9.17, 15) is 23.2 Å². The maximum Gasteiger partial charge on any atom is 0.339 e. The number of carbonyl (C=O) groups is 3. The van der Waals surface area contributed by atoms with Gasteiger partial charge in [-0.05, 0) is 77.2 Å². The van der Waals surface area contributed by atoms with Crippen LogP contribution in [-0.4, -0.2) is 38.1 Å². The van der Waals surface area contributed by atoms with Crippen molar-refractivity contribution in [2.75, 3.05) is 31.0 Å². The molecule has 0 spiro atoms. The highest BCUT2D eigenvalue weighted by atomic mass is 19.1. The molecular formula is C31H26F2N2O5. The smallest absolute Gasteiger partial charge is 0.339 e. The molecule has 9 heteroatoms. The zero-order chi connectivity index (χ0) is 28.6. The van der Waals surface area contributed by atoms with Crippen molar-refractivity contribution in [3.05, 3.63) is 108 Å². The average Bonchev–Trinajstić information content (AvgIpc) is 2.95. The SMILES string of the molecule is COC(=O)c1cc(-c2ccc(F)cc2)ccc1NC(=O)COCC(=O)Nc1cc(-c2ccc(F)cc2)ccc1C. The number of benzene rings is 4. The largest absolute Gasteiger partial charge is 0.465 e. The van der Waals surface area contributed by atoms with Gasteiger partial charge in [0.25, 0.3) is 0 Å². The number of halogens is 2. The molecule has 0 radical (unpaired) electrons. The molecule has 40 heavy (non-hydrogen) atoms. The predicted octanol–water partition coefficient (Wildman–Crippen LogP) is 5.99. The maximum atomic E-state index is 13.3. The van der Waals surface area contributed by atoms with E-state index >= 15 is 0 Å². The standard InChI is InChI=1S/C31H26F2N2O5/c1-19-3-4-23(21-7-12-25(33)13-8-21)16-28(19)35-30(37)18-40-17-29(36)34-27-14-9-22(15-26(27)31(38)39-2)20-5-10-24(32)11-6-20/h3-16H,17-18H2,1-2H3,(H,34,36)(H,35,37). The lowest BCUT2D eigenvalue weighted by molar-refractivity contribution is -0.125. The van der Waals surface area contributed by atoms with Crippen LogP contribution in [0.25, 0.3) is 22.3 Å². The van der Waals surface area contributed by atoms with Gasteiger partial charge in [-0.3, -0.25) is 9.59 Å². The second-order valence-electron chi connectivity index (χ2n) is 8.88. The number of hydrogen-bond acceptors (Lipinski definition) is 5. The molecule has 4 rings (SSSR count). The highest BCUT2D eigenvalue weighted by Crippen LogP contribution is 2.27. The normalized spacial score (nSPS) is 10.6. The number of carbonyl (C=O) groups excluding carboxylic acids is 3. The van der Waals surface area contributed by atoms with E-state index in [-0.39, 0.29) is 29.5 Å². The molecule has 0 aliphatic heterocycles. The molecule has 0 aliphatic carbocycles. The summed E-state index contributed by atoms with van der Waals surface area (Å²) in [6, 6.07) is 22.0. The summed E-state index contributed by atoms with van der Waals surface area (Å²) in [6.45, 7) is 1.00. The molecule has 0 fully saturated rings. The van der Waals surface area contributed by atoms with Gasteiger partial charge in [-0.2, -0.15) is 0 Å². The van der Waals surface area contributed by atoms with E-state index in [0.717, 1.165) is 16.7 Å². The maximum absolute atomic E-state index is 13.3. The van der Waals surface area contributed by atoms with Gasteiger partial charge in [-0.15, -0.1) is 0 Å². The minimum atomic E-state index is -0.669. The summed E-state index contributed by atoms with van der Waals surface area (Å²) >= 11 is 0. The highest BCUT2D eigenvalue weighted by molar-refractivity contribution is 6.02. The lowest BCUT2D eigenvalue weighted by Gasteiger charge is -2.13. The Kier molecular flexibility index (Phi) is 8.98. The van der Waals surface area contributed by atoms with E-state index in [1.54, 1.807) is 36.4 Å². The zero-order valence-electron chi connectivity index (χ0n) is 21.8. The van der Waals surface area contributed by atoms with Crippen LogP contribution in [0.5, 0.6) is 0 Å². The van der Waals surface area contributed by atoms with Crippen LogP contribution in [-0.2, 0) is 19.1 Å². The third-order valence-electron chi connectivity index (χ3n) is 6.03. The van der Waals surface area contributed by atoms with Crippen molar-refractivity contribution >= 4 is 29.2 Å². The molecule has 0 saturated carbocycles. The molecule has 204 valence electrons. The molecule has 0 bridgehead atoms. The van der Waals surface area contributed by atoms with Crippen LogP contribution < -0.4 is 10.6 Å². The molecular weight excluding hydrogens is 518 g/mol. The molecule has 2 amide bonds. The average molecular weight is 545 g/mol. The van der Waals surface area contributed by atoms with Gasteiger partial charge < -0.3 is 20.1 Å². The van der Waals surface area contributed by atoms with Crippen molar-refractivity contribution in [1.82, 2.24) is 0 Å². The number of hydrogen-bond donors (Lipinski definition) is 2. The van der Waals surface area contributed by atoms with Gasteiger partial charge >= 0.3 is 5.97 Å². The molecule has 7 nitrogen and oxygen atoms in total. The Morgan fingerprint density at radius 3 is 1.68 bits per heavy atom. The van der Waals surface area contributed by atoms with Crippen molar-refractivity contribution in [2.45, 2.75) is 6.92 Å². The minimum absolute atomic E-state index is 0.104. The zero-order valence-corrected chi connectivity index (χ0v) is 21.8. The summed E-state index contributed by atoms with van der Waals surface area (Å²) < 4.78 is 36.6. The number of aryl methyl sites for hydroxylation is 1. The molecule has 0 atom stereocenters. The van der Waals surface area contributed by atoms with Crippen molar-refractivity contribution in [3.8, 4) is 22.3 Å². The van der Waals surface area contributed by atoms with Crippen LogP contribution in [0.2, 0.25) is 0 Å². The van der Waals surface area contributed by atoms with Gasteiger partial charge in [0, 0.05) is 5.69 Å². The lowest BCUT2D eigenvalue weighted by atomic mass is 10.0. The predicted molar refractivity (Wildman–Crippen MR) is 148 cm³/mol. The monoisotopic (exact) mass is 544 g/mol. The van der Waals surface area contributed by atoms with E-state index in [2.05, 4.69) is 10.6 Å². The van der Waals surface area contributed by atoms with Crippen LogP contribution in [0.4, 0.5) is 20.2 Å². The van der Waals surface area contributed by atoms with Crippen molar-refractivity contribution in [3.63, 3.8) is 0 Å². The van der Waals surface area contributed by atoms with Gasteiger partial charge in [-0.1, -0.05) is 42.5 Å². The van der Waals surface area contributed by atoms with E-state index in [1.165, 1.54) is 43.5 Å². The number of nitrogens with one attached hydrogen (secondary N) is 2. The van der Waals surface area contributed by atoms with Gasteiger partial charge in [-0.25, -0.2) is 13.6 Å². The molecule has 0 aromatic heterocycles. The third-order valence-corrected chi connectivity index (χ3v) is 6.03. The van der Waals surface area contributed by atoms with Gasteiger partial charge in [0.15, 0.2) is 0 Å². The summed E-state index contributed by atoms with van der Waals surface area (Å²) in [6.07, 6.45) is 0. The number of methoxy groups -OCH3 is 1. The lowest BCUT2D eigenvalue weighted by Crippen LogP contribution is -2.24. The Morgan fingerprint density at radius 2 is 1.12 bits per heavy atom. The number of rotatable bonds is 9. The first-order valence-electron chi connectivity index (χ1n) is 12.3. The summed E-state index contributed by atoms with van der Waals surface area (Å²) in [5.41, 5.74) is 4.58. The molecule has 4 aromatic rings. The number of ether oxygens (including phenoxy) is 2. The third kappa shape index (κ3) is 7.15. The first-order chi connectivity index (χ1) is 19.2. The van der Waals surface area contributed by atoms with E-state index in [4.69, 9.17) is 9.47 Å². The van der Waals surface area contributed by atoms with E-state index in [1.807, 2.05) is 19.1 Å². The quantitative estimate of drug-likeness (QED) is 0.253. The molecule has 2 N–H and O–H groups in total. The fourth-order valence-electron chi connectivity index (χ4n) is 3.94. The highest BCUT2D eigenvalue weighted by Gasteiger charge is 2.16. The van der Waals surface area contributed by atoms with Crippen molar-refractivity contribution < 1.29 is 32.6 Å².